The summed E-state index contributed by atoms with van der Waals surface area (Å²) >= 11 is 0. The Morgan fingerprint density at radius 3 is 2.31 bits per heavy atom. The number of fused-ring (bicyclic) bond motifs is 4. The summed E-state index contributed by atoms with van der Waals surface area (Å²) in [6, 6.07) is 0.931. The van der Waals surface area contributed by atoms with Gasteiger partial charge < -0.3 is 4.90 Å². The molecule has 2 bridgehead atoms. The number of rotatable bonds is 3. The molecule has 0 N–H and O–H groups in total. The molecule has 0 unspecified atom stereocenters. The minimum absolute atomic E-state index is 0.931. The Morgan fingerprint density at radius 2 is 1.56 bits per heavy atom. The molecule has 0 aromatic heterocycles. The lowest BCUT2D eigenvalue weighted by Crippen LogP contribution is -2.38. The molecule has 0 aromatic carbocycles. The maximum absolute atomic E-state index is 2.81. The highest BCUT2D eigenvalue weighted by Gasteiger charge is 2.29. The molecular weight excluding hydrogens is 196 g/mol. The fraction of sp³-hybridized carbons (Fsp3) is 1.00. The smallest absolute Gasteiger partial charge is 0.0120 e. The van der Waals surface area contributed by atoms with E-state index in [2.05, 4.69) is 9.80 Å². The molecule has 3 heterocycles. The van der Waals surface area contributed by atoms with E-state index in [0.29, 0.717) is 0 Å². The zero-order valence-electron chi connectivity index (χ0n) is 10.5. The summed E-state index contributed by atoms with van der Waals surface area (Å²) in [5.41, 5.74) is 0. The van der Waals surface area contributed by atoms with Gasteiger partial charge in [-0.3, -0.25) is 4.90 Å². The molecule has 2 heteroatoms. The van der Waals surface area contributed by atoms with Crippen LogP contribution in [0.15, 0.2) is 0 Å². The minimum atomic E-state index is 0.931. The molecule has 92 valence electrons. The summed E-state index contributed by atoms with van der Waals surface area (Å²) in [5, 5.41) is 0. The highest BCUT2D eigenvalue weighted by atomic mass is 15.3. The third-order valence-electron chi connectivity index (χ3n) is 5.08. The second-order valence-corrected chi connectivity index (χ2v) is 6.05. The van der Waals surface area contributed by atoms with Crippen LogP contribution in [0.1, 0.15) is 44.9 Å². The van der Waals surface area contributed by atoms with Gasteiger partial charge in [0.1, 0.15) is 0 Å². The number of hydrogen-bond donors (Lipinski definition) is 0. The van der Waals surface area contributed by atoms with Crippen molar-refractivity contribution in [1.29, 1.82) is 0 Å². The van der Waals surface area contributed by atoms with Crippen molar-refractivity contribution >= 4 is 0 Å². The van der Waals surface area contributed by atoms with Crippen LogP contribution < -0.4 is 0 Å². The molecule has 3 aliphatic heterocycles. The first kappa shape index (κ1) is 11.0. The first-order chi connectivity index (χ1) is 7.92. The third kappa shape index (κ3) is 2.43. The number of piperidine rings is 1. The first-order valence-corrected chi connectivity index (χ1v) is 7.38. The summed E-state index contributed by atoms with van der Waals surface area (Å²) in [4.78, 5) is 5.47. The summed E-state index contributed by atoms with van der Waals surface area (Å²) in [6.07, 6.45) is 10.4. The van der Waals surface area contributed by atoms with Crippen molar-refractivity contribution in [3.63, 3.8) is 0 Å². The van der Waals surface area contributed by atoms with E-state index in [1.54, 1.807) is 0 Å². The topological polar surface area (TPSA) is 6.48 Å². The fourth-order valence-corrected chi connectivity index (χ4v) is 3.90. The maximum Gasteiger partial charge on any atom is 0.0120 e. The standard InChI is InChI=1S/C14H26N2/c1-2-4-13(3-1)5-10-16-12-11-15-8-6-14(16)7-9-15/h13-14H,1-12H2. The van der Waals surface area contributed by atoms with Crippen molar-refractivity contribution in [1.82, 2.24) is 9.80 Å². The fourth-order valence-electron chi connectivity index (χ4n) is 3.90. The molecule has 4 aliphatic rings. The van der Waals surface area contributed by atoms with Gasteiger partial charge >= 0.3 is 0 Å². The third-order valence-corrected chi connectivity index (χ3v) is 5.08. The molecule has 0 atom stereocenters. The van der Waals surface area contributed by atoms with Crippen LogP contribution in [-0.4, -0.2) is 48.6 Å². The van der Waals surface area contributed by atoms with Gasteiger partial charge in [-0.05, 0) is 44.8 Å². The molecule has 0 radical (unpaired) electrons. The van der Waals surface area contributed by atoms with E-state index in [0.717, 1.165) is 12.0 Å². The molecule has 2 nitrogen and oxygen atoms in total. The van der Waals surface area contributed by atoms with Gasteiger partial charge in [0.25, 0.3) is 0 Å². The highest BCUT2D eigenvalue weighted by molar-refractivity contribution is 4.85. The zero-order chi connectivity index (χ0) is 10.8. The van der Waals surface area contributed by atoms with Gasteiger partial charge in [0, 0.05) is 19.1 Å². The SMILES string of the molecule is C1CCC(CCN2CCN3CCC2CC3)C1. The van der Waals surface area contributed by atoms with Crippen LogP contribution in [-0.2, 0) is 0 Å². The molecule has 0 amide bonds. The van der Waals surface area contributed by atoms with Crippen LogP contribution >= 0.6 is 0 Å². The summed E-state index contributed by atoms with van der Waals surface area (Å²) in [5.74, 6) is 1.07. The molecule has 16 heavy (non-hydrogen) atoms. The average molecular weight is 222 g/mol. The molecule has 4 fully saturated rings. The predicted octanol–water partition coefficient (Wildman–Crippen LogP) is 2.35. The first-order valence-electron chi connectivity index (χ1n) is 7.38. The number of hydrogen-bond acceptors (Lipinski definition) is 2. The normalized spacial score (nSPS) is 36.8. The van der Waals surface area contributed by atoms with Crippen molar-refractivity contribution in [2.24, 2.45) is 5.92 Å². The molecule has 0 spiro atoms. The summed E-state index contributed by atoms with van der Waals surface area (Å²) in [6.45, 7) is 6.80. The maximum atomic E-state index is 2.81. The van der Waals surface area contributed by atoms with Gasteiger partial charge in [-0.25, -0.2) is 0 Å². The van der Waals surface area contributed by atoms with Crippen LogP contribution in [0.3, 0.4) is 0 Å². The van der Waals surface area contributed by atoms with Gasteiger partial charge in [-0.15, -0.1) is 0 Å². The van der Waals surface area contributed by atoms with Gasteiger partial charge in [0.2, 0.25) is 0 Å². The van der Waals surface area contributed by atoms with Gasteiger partial charge in [-0.1, -0.05) is 25.7 Å². The quantitative estimate of drug-likeness (QED) is 0.723. The van der Waals surface area contributed by atoms with Crippen molar-refractivity contribution < 1.29 is 0 Å². The summed E-state index contributed by atoms with van der Waals surface area (Å²) in [7, 11) is 0. The van der Waals surface area contributed by atoms with E-state index in [1.807, 2.05) is 0 Å². The van der Waals surface area contributed by atoms with E-state index < -0.39 is 0 Å². The molecule has 0 aromatic rings. The van der Waals surface area contributed by atoms with E-state index in [9.17, 15) is 0 Å². The van der Waals surface area contributed by atoms with E-state index >= 15 is 0 Å². The highest BCUT2D eigenvalue weighted by Crippen LogP contribution is 2.29. The second-order valence-electron chi connectivity index (χ2n) is 6.05. The van der Waals surface area contributed by atoms with Crippen LogP contribution in [0.2, 0.25) is 0 Å². The lowest BCUT2D eigenvalue weighted by atomic mass is 10.0. The molecule has 1 aliphatic carbocycles. The largest absolute Gasteiger partial charge is 0.302 e. The van der Waals surface area contributed by atoms with Crippen molar-refractivity contribution in [3.8, 4) is 0 Å². The average Bonchev–Trinajstić information content (AvgIpc) is 2.69. The zero-order valence-corrected chi connectivity index (χ0v) is 10.5. The summed E-state index contributed by atoms with van der Waals surface area (Å²) < 4.78 is 0. The van der Waals surface area contributed by atoms with Gasteiger partial charge in [0.05, 0.1) is 0 Å². The Kier molecular flexibility index (Phi) is 3.49. The van der Waals surface area contributed by atoms with E-state index in [1.165, 1.54) is 77.7 Å². The lowest BCUT2D eigenvalue weighted by Gasteiger charge is -2.32. The Balaban J connectivity index is 1.49. The Hall–Kier alpha value is -0.0800. The van der Waals surface area contributed by atoms with Crippen molar-refractivity contribution in [2.75, 3.05) is 32.7 Å². The monoisotopic (exact) mass is 222 g/mol. The molecule has 3 saturated heterocycles. The Labute approximate surface area is 100.0 Å². The van der Waals surface area contributed by atoms with Crippen LogP contribution in [0.5, 0.6) is 0 Å². The predicted molar refractivity (Wildman–Crippen MR) is 67.6 cm³/mol. The van der Waals surface area contributed by atoms with E-state index in [4.69, 9.17) is 0 Å². The van der Waals surface area contributed by atoms with Crippen LogP contribution in [0.4, 0.5) is 0 Å². The van der Waals surface area contributed by atoms with Crippen LogP contribution in [0.25, 0.3) is 0 Å². The van der Waals surface area contributed by atoms with Crippen molar-refractivity contribution in [2.45, 2.75) is 51.0 Å². The molecule has 1 saturated carbocycles. The minimum Gasteiger partial charge on any atom is -0.302 e. The van der Waals surface area contributed by atoms with E-state index in [-0.39, 0.29) is 0 Å². The second kappa shape index (κ2) is 5.05. The van der Waals surface area contributed by atoms with Crippen molar-refractivity contribution in [3.05, 3.63) is 0 Å². The van der Waals surface area contributed by atoms with Gasteiger partial charge in [-0.2, -0.15) is 0 Å². The van der Waals surface area contributed by atoms with Gasteiger partial charge in [0.15, 0.2) is 0 Å². The van der Waals surface area contributed by atoms with Crippen LogP contribution in [0, 0.1) is 5.92 Å². The Morgan fingerprint density at radius 1 is 0.812 bits per heavy atom. The Bertz CT molecular complexity index is 215. The molecular formula is C14H26N2. The lowest BCUT2D eigenvalue weighted by molar-refractivity contribution is 0.174. The number of nitrogens with zero attached hydrogens (tertiary/aromatic N) is 2. The molecule has 4 rings (SSSR count).